The Labute approximate surface area is 157 Å². The number of nitrogens with one attached hydrogen (secondary N) is 1. The standard InChI is InChI=1S/C15H10F5NO4S.H2S/c1-2-21-15(22)9-10(17)12(19)14(13(20)11(9)18)25-26(23,24)8-5-3-7(16)4-6-8;/h3-6H,2H2,1H3,(H,21,22);1H2. The fourth-order valence-corrected chi connectivity index (χ4v) is 2.82. The predicted octanol–water partition coefficient (Wildman–Crippen LogP) is 3.01. The Morgan fingerprint density at radius 1 is 0.963 bits per heavy atom. The minimum absolute atomic E-state index is 0. The van der Waals surface area contributed by atoms with Crippen molar-refractivity contribution in [2.45, 2.75) is 11.8 Å². The summed E-state index contributed by atoms with van der Waals surface area (Å²) in [7, 11) is -4.93. The van der Waals surface area contributed by atoms with Crippen LogP contribution >= 0.6 is 13.5 Å². The molecule has 0 spiro atoms. The van der Waals surface area contributed by atoms with E-state index in [1.165, 1.54) is 6.92 Å². The van der Waals surface area contributed by atoms with Crippen LogP contribution in [0, 0.1) is 29.1 Å². The minimum atomic E-state index is -4.93. The number of carbonyl (C=O) groups excluding carboxylic acids is 1. The smallest absolute Gasteiger partial charge is 0.339 e. The van der Waals surface area contributed by atoms with E-state index in [4.69, 9.17) is 0 Å². The van der Waals surface area contributed by atoms with Crippen molar-refractivity contribution in [2.75, 3.05) is 6.54 Å². The molecule has 0 aliphatic carbocycles. The quantitative estimate of drug-likeness (QED) is 0.451. The van der Waals surface area contributed by atoms with Gasteiger partial charge < -0.3 is 9.50 Å². The van der Waals surface area contributed by atoms with E-state index in [9.17, 15) is 35.2 Å². The first kappa shape index (κ1) is 22.7. The maximum absolute atomic E-state index is 14.0. The molecule has 1 N–H and O–H groups in total. The van der Waals surface area contributed by atoms with E-state index in [0.717, 1.165) is 24.3 Å². The molecule has 0 saturated carbocycles. The van der Waals surface area contributed by atoms with Crippen LogP contribution in [0.3, 0.4) is 0 Å². The van der Waals surface area contributed by atoms with Gasteiger partial charge in [0.15, 0.2) is 11.6 Å². The topological polar surface area (TPSA) is 72.5 Å². The van der Waals surface area contributed by atoms with Crippen molar-refractivity contribution in [3.63, 3.8) is 0 Å². The zero-order chi connectivity index (χ0) is 19.6. The average Bonchev–Trinajstić information content (AvgIpc) is 2.58. The molecule has 0 unspecified atom stereocenters. The third kappa shape index (κ3) is 4.50. The second-order valence-electron chi connectivity index (χ2n) is 4.81. The van der Waals surface area contributed by atoms with Gasteiger partial charge in [0.05, 0.1) is 0 Å². The first-order valence-electron chi connectivity index (χ1n) is 6.94. The molecular weight excluding hydrogens is 417 g/mol. The maximum Gasteiger partial charge on any atom is 0.339 e. The molecule has 0 saturated heterocycles. The van der Waals surface area contributed by atoms with E-state index < -0.39 is 61.3 Å². The van der Waals surface area contributed by atoms with E-state index in [1.54, 1.807) is 0 Å². The van der Waals surface area contributed by atoms with Gasteiger partial charge in [0.1, 0.15) is 16.3 Å². The van der Waals surface area contributed by atoms with E-state index >= 15 is 0 Å². The highest BCUT2D eigenvalue weighted by Gasteiger charge is 2.33. The van der Waals surface area contributed by atoms with E-state index in [1.807, 2.05) is 5.32 Å². The van der Waals surface area contributed by atoms with Gasteiger partial charge >= 0.3 is 10.1 Å². The predicted molar refractivity (Wildman–Crippen MR) is 88.9 cm³/mol. The van der Waals surface area contributed by atoms with Gasteiger partial charge in [0.2, 0.25) is 17.4 Å². The molecule has 0 atom stereocenters. The van der Waals surface area contributed by atoms with Crippen molar-refractivity contribution in [1.82, 2.24) is 5.32 Å². The van der Waals surface area contributed by atoms with Crippen molar-refractivity contribution in [1.29, 1.82) is 0 Å². The molecule has 5 nitrogen and oxygen atoms in total. The van der Waals surface area contributed by atoms with Gasteiger partial charge in [-0.05, 0) is 31.2 Å². The molecule has 0 bridgehead atoms. The van der Waals surface area contributed by atoms with Crippen LogP contribution in [0.1, 0.15) is 17.3 Å². The highest BCUT2D eigenvalue weighted by Crippen LogP contribution is 2.32. The van der Waals surface area contributed by atoms with Gasteiger partial charge in [0.25, 0.3) is 5.91 Å². The number of hydrogen-bond acceptors (Lipinski definition) is 4. The summed E-state index contributed by atoms with van der Waals surface area (Å²) in [6.07, 6.45) is 0. The lowest BCUT2D eigenvalue weighted by Gasteiger charge is -2.12. The molecule has 0 radical (unpaired) electrons. The van der Waals surface area contributed by atoms with Gasteiger partial charge in [-0.3, -0.25) is 4.79 Å². The molecule has 0 heterocycles. The largest absolute Gasteiger partial charge is 0.372 e. The summed E-state index contributed by atoms with van der Waals surface area (Å²) < 4.78 is 96.8. The van der Waals surface area contributed by atoms with Crippen LogP contribution < -0.4 is 9.50 Å². The molecule has 0 aliphatic rings. The van der Waals surface area contributed by atoms with Gasteiger partial charge in [-0.1, -0.05) is 0 Å². The number of amides is 1. The number of benzene rings is 2. The Hall–Kier alpha value is -2.34. The zero-order valence-corrected chi connectivity index (χ0v) is 15.3. The maximum atomic E-state index is 14.0. The average molecular weight is 429 g/mol. The summed E-state index contributed by atoms with van der Waals surface area (Å²) in [5.74, 6) is -12.8. The highest BCUT2D eigenvalue weighted by atomic mass is 32.2. The van der Waals surface area contributed by atoms with Gasteiger partial charge in [-0.25, -0.2) is 13.2 Å². The molecule has 0 aliphatic heterocycles. The molecule has 2 rings (SSSR count). The fraction of sp³-hybridized carbons (Fsp3) is 0.133. The fourth-order valence-electron chi connectivity index (χ4n) is 1.89. The highest BCUT2D eigenvalue weighted by molar-refractivity contribution is 7.87. The van der Waals surface area contributed by atoms with Crippen LogP contribution in [0.4, 0.5) is 22.0 Å². The Bertz CT molecular complexity index is 936. The van der Waals surface area contributed by atoms with Gasteiger partial charge in [-0.2, -0.15) is 30.7 Å². The first-order valence-corrected chi connectivity index (χ1v) is 8.35. The van der Waals surface area contributed by atoms with E-state index in [-0.39, 0.29) is 20.0 Å². The van der Waals surface area contributed by atoms with E-state index in [0.29, 0.717) is 0 Å². The third-order valence-corrected chi connectivity index (χ3v) is 4.32. The van der Waals surface area contributed by atoms with Crippen LogP contribution in [0.15, 0.2) is 29.2 Å². The van der Waals surface area contributed by atoms with Crippen molar-refractivity contribution < 1.29 is 39.3 Å². The van der Waals surface area contributed by atoms with Crippen LogP contribution in [0.5, 0.6) is 5.75 Å². The Balaban J connectivity index is 0.00000364. The zero-order valence-electron chi connectivity index (χ0n) is 13.4. The van der Waals surface area contributed by atoms with Crippen LogP contribution in [-0.2, 0) is 10.1 Å². The van der Waals surface area contributed by atoms with Crippen LogP contribution in [0.25, 0.3) is 0 Å². The molecule has 12 heteroatoms. The Morgan fingerprint density at radius 3 is 1.89 bits per heavy atom. The second-order valence-corrected chi connectivity index (χ2v) is 6.36. The minimum Gasteiger partial charge on any atom is -0.372 e. The summed E-state index contributed by atoms with van der Waals surface area (Å²) in [5.41, 5.74) is -1.56. The summed E-state index contributed by atoms with van der Waals surface area (Å²) in [5, 5.41) is 1.95. The lowest BCUT2D eigenvalue weighted by Crippen LogP contribution is -2.26. The van der Waals surface area contributed by atoms with E-state index in [2.05, 4.69) is 4.18 Å². The number of rotatable bonds is 5. The van der Waals surface area contributed by atoms with Crippen molar-refractivity contribution in [3.8, 4) is 5.75 Å². The SMILES string of the molecule is CCNC(=O)c1c(F)c(F)c(OS(=O)(=O)c2ccc(F)cc2)c(F)c1F.S. The lowest BCUT2D eigenvalue weighted by molar-refractivity contribution is 0.0944. The number of carbonyl (C=O) groups is 1. The molecule has 2 aromatic rings. The molecule has 0 fully saturated rings. The summed E-state index contributed by atoms with van der Waals surface area (Å²) >= 11 is 0. The molecule has 1 amide bonds. The van der Waals surface area contributed by atoms with Gasteiger partial charge in [-0.15, -0.1) is 0 Å². The lowest BCUT2D eigenvalue weighted by atomic mass is 10.1. The monoisotopic (exact) mass is 429 g/mol. The van der Waals surface area contributed by atoms with Crippen molar-refractivity contribution in [2.24, 2.45) is 0 Å². The number of halogens is 5. The second kappa shape index (κ2) is 8.57. The molecule has 27 heavy (non-hydrogen) atoms. The van der Waals surface area contributed by atoms with Crippen molar-refractivity contribution in [3.05, 3.63) is 58.9 Å². The normalized spacial score (nSPS) is 10.9. The summed E-state index contributed by atoms with van der Waals surface area (Å²) in [6, 6.07) is 2.89. The Kier molecular flexibility index (Phi) is 7.20. The third-order valence-electron chi connectivity index (χ3n) is 3.08. The molecule has 2 aromatic carbocycles. The van der Waals surface area contributed by atoms with Crippen molar-refractivity contribution >= 4 is 29.5 Å². The molecular formula is C15H12F5NO4S2. The van der Waals surface area contributed by atoms with Gasteiger partial charge in [0, 0.05) is 6.54 Å². The summed E-state index contributed by atoms with van der Waals surface area (Å²) in [6.45, 7) is 1.31. The first-order chi connectivity index (χ1) is 12.1. The number of hydrogen-bond donors (Lipinski definition) is 1. The molecule has 148 valence electrons. The Morgan fingerprint density at radius 2 is 1.44 bits per heavy atom. The van der Waals surface area contributed by atoms with Crippen LogP contribution in [0.2, 0.25) is 0 Å². The summed E-state index contributed by atoms with van der Waals surface area (Å²) in [4.78, 5) is 10.8. The van der Waals surface area contributed by atoms with Crippen LogP contribution in [-0.4, -0.2) is 20.9 Å². The molecule has 0 aromatic heterocycles.